The molecule has 0 aliphatic rings. The average Bonchev–Trinajstić information content (AvgIpc) is 2.30. The van der Waals surface area contributed by atoms with E-state index in [2.05, 4.69) is 6.92 Å². The van der Waals surface area contributed by atoms with Crippen LogP contribution in [0.5, 0.6) is 5.75 Å². The standard InChI is InChI=1S/C10H15NO.CH4O/c1-2-9(8-11)12-10-6-4-3-5-7-10;1-2/h3-7,9H,2,8,11H2,1H3;2H,1H3. The van der Waals surface area contributed by atoms with Gasteiger partial charge in [0, 0.05) is 13.7 Å². The topological polar surface area (TPSA) is 55.5 Å². The summed E-state index contributed by atoms with van der Waals surface area (Å²) in [6.45, 7) is 2.64. The highest BCUT2D eigenvalue weighted by Gasteiger charge is 2.03. The Morgan fingerprint density at radius 2 is 1.86 bits per heavy atom. The molecule has 3 N–H and O–H groups in total. The van der Waals surface area contributed by atoms with Gasteiger partial charge in [-0.2, -0.15) is 0 Å². The van der Waals surface area contributed by atoms with Crippen LogP contribution < -0.4 is 10.5 Å². The van der Waals surface area contributed by atoms with Crippen LogP contribution in [0.1, 0.15) is 13.3 Å². The number of hydrogen-bond donors (Lipinski definition) is 2. The van der Waals surface area contributed by atoms with Crippen molar-refractivity contribution < 1.29 is 9.84 Å². The fraction of sp³-hybridized carbons (Fsp3) is 0.455. The lowest BCUT2D eigenvalue weighted by Gasteiger charge is -2.14. The smallest absolute Gasteiger partial charge is 0.119 e. The summed E-state index contributed by atoms with van der Waals surface area (Å²) >= 11 is 0. The molecule has 3 heteroatoms. The van der Waals surface area contributed by atoms with Gasteiger partial charge in [-0.1, -0.05) is 25.1 Å². The molecule has 0 aromatic heterocycles. The first-order valence-corrected chi connectivity index (χ1v) is 4.73. The van der Waals surface area contributed by atoms with Gasteiger partial charge in [-0.15, -0.1) is 0 Å². The van der Waals surface area contributed by atoms with Crippen LogP contribution in [-0.4, -0.2) is 24.9 Å². The molecule has 0 spiro atoms. The van der Waals surface area contributed by atoms with E-state index < -0.39 is 0 Å². The second-order valence-electron chi connectivity index (χ2n) is 2.70. The van der Waals surface area contributed by atoms with Crippen molar-refractivity contribution >= 4 is 0 Å². The number of benzene rings is 1. The van der Waals surface area contributed by atoms with Crippen molar-refractivity contribution in [1.82, 2.24) is 0 Å². The third-order valence-electron chi connectivity index (χ3n) is 1.76. The quantitative estimate of drug-likeness (QED) is 0.767. The van der Waals surface area contributed by atoms with Gasteiger partial charge in [0.25, 0.3) is 0 Å². The van der Waals surface area contributed by atoms with Crippen molar-refractivity contribution in [3.63, 3.8) is 0 Å². The first-order chi connectivity index (χ1) is 6.86. The van der Waals surface area contributed by atoms with E-state index in [-0.39, 0.29) is 6.10 Å². The molecule has 14 heavy (non-hydrogen) atoms. The second-order valence-corrected chi connectivity index (χ2v) is 2.70. The lowest BCUT2D eigenvalue weighted by molar-refractivity contribution is 0.205. The molecule has 1 atom stereocenters. The van der Waals surface area contributed by atoms with E-state index in [0.717, 1.165) is 19.3 Å². The van der Waals surface area contributed by atoms with E-state index in [1.807, 2.05) is 30.3 Å². The van der Waals surface area contributed by atoms with Gasteiger partial charge in [0.15, 0.2) is 0 Å². The van der Waals surface area contributed by atoms with Gasteiger partial charge >= 0.3 is 0 Å². The summed E-state index contributed by atoms with van der Waals surface area (Å²) in [6.07, 6.45) is 1.10. The molecule has 3 nitrogen and oxygen atoms in total. The number of para-hydroxylation sites is 1. The Hall–Kier alpha value is -1.06. The minimum atomic E-state index is 0.146. The average molecular weight is 197 g/mol. The van der Waals surface area contributed by atoms with Gasteiger partial charge < -0.3 is 15.6 Å². The van der Waals surface area contributed by atoms with E-state index in [4.69, 9.17) is 15.6 Å². The van der Waals surface area contributed by atoms with Crippen LogP contribution >= 0.6 is 0 Å². The van der Waals surface area contributed by atoms with Crippen LogP contribution in [0, 0.1) is 0 Å². The minimum Gasteiger partial charge on any atom is -0.489 e. The zero-order valence-electron chi connectivity index (χ0n) is 8.81. The molecule has 0 fully saturated rings. The maximum absolute atomic E-state index is 7.00. The van der Waals surface area contributed by atoms with E-state index >= 15 is 0 Å². The first-order valence-electron chi connectivity index (χ1n) is 4.73. The monoisotopic (exact) mass is 197 g/mol. The zero-order valence-corrected chi connectivity index (χ0v) is 8.81. The molecule has 80 valence electrons. The molecule has 0 saturated heterocycles. The highest BCUT2D eigenvalue weighted by atomic mass is 16.5. The minimum absolute atomic E-state index is 0.146. The number of aliphatic hydroxyl groups excluding tert-OH is 1. The highest BCUT2D eigenvalue weighted by molar-refractivity contribution is 5.21. The van der Waals surface area contributed by atoms with Crippen molar-refractivity contribution in [1.29, 1.82) is 0 Å². The van der Waals surface area contributed by atoms with Crippen LogP contribution in [0.2, 0.25) is 0 Å². The van der Waals surface area contributed by atoms with Crippen molar-refractivity contribution in [2.24, 2.45) is 5.73 Å². The third-order valence-corrected chi connectivity index (χ3v) is 1.76. The zero-order chi connectivity index (χ0) is 10.8. The fourth-order valence-electron chi connectivity index (χ4n) is 0.990. The molecule has 1 unspecified atom stereocenters. The lowest BCUT2D eigenvalue weighted by atomic mass is 10.3. The molecule has 0 aliphatic carbocycles. The molecule has 0 amide bonds. The number of hydrogen-bond acceptors (Lipinski definition) is 3. The maximum Gasteiger partial charge on any atom is 0.119 e. The second kappa shape index (κ2) is 8.53. The van der Waals surface area contributed by atoms with Crippen molar-refractivity contribution in [3.8, 4) is 5.75 Å². The van der Waals surface area contributed by atoms with Gasteiger partial charge in [-0.3, -0.25) is 0 Å². The van der Waals surface area contributed by atoms with E-state index in [1.165, 1.54) is 0 Å². The summed E-state index contributed by atoms with van der Waals surface area (Å²) in [5.41, 5.74) is 5.51. The summed E-state index contributed by atoms with van der Waals surface area (Å²) in [4.78, 5) is 0. The summed E-state index contributed by atoms with van der Waals surface area (Å²) in [6, 6.07) is 9.77. The highest BCUT2D eigenvalue weighted by Crippen LogP contribution is 2.11. The normalized spacial score (nSPS) is 11.1. The Bertz CT molecular complexity index is 210. The third kappa shape index (κ3) is 4.84. The predicted octanol–water partition coefficient (Wildman–Crippen LogP) is 1.41. The summed E-state index contributed by atoms with van der Waals surface area (Å²) in [5.74, 6) is 0.898. The first kappa shape index (κ1) is 12.9. The van der Waals surface area contributed by atoms with E-state index in [9.17, 15) is 0 Å². The summed E-state index contributed by atoms with van der Waals surface area (Å²) in [7, 11) is 1.00. The van der Waals surface area contributed by atoms with Crippen LogP contribution in [0.15, 0.2) is 30.3 Å². The number of nitrogens with two attached hydrogens (primary N) is 1. The van der Waals surface area contributed by atoms with Crippen LogP contribution in [0.4, 0.5) is 0 Å². The number of ether oxygens (including phenoxy) is 1. The van der Waals surface area contributed by atoms with Crippen molar-refractivity contribution in [3.05, 3.63) is 30.3 Å². The SMILES string of the molecule is CCC(CN)Oc1ccccc1.CO. The Morgan fingerprint density at radius 1 is 1.29 bits per heavy atom. The van der Waals surface area contributed by atoms with Crippen LogP contribution in [0.3, 0.4) is 0 Å². The molecule has 0 bridgehead atoms. The van der Waals surface area contributed by atoms with Gasteiger partial charge in [0.2, 0.25) is 0 Å². The Morgan fingerprint density at radius 3 is 2.29 bits per heavy atom. The van der Waals surface area contributed by atoms with Gasteiger partial charge in [0.1, 0.15) is 11.9 Å². The van der Waals surface area contributed by atoms with Crippen molar-refractivity contribution in [2.45, 2.75) is 19.4 Å². The molecule has 0 radical (unpaired) electrons. The lowest BCUT2D eigenvalue weighted by Crippen LogP contribution is -2.25. The largest absolute Gasteiger partial charge is 0.489 e. The Balaban J connectivity index is 0.000000791. The number of rotatable bonds is 4. The molecule has 1 aromatic carbocycles. The molecule has 0 heterocycles. The molecular weight excluding hydrogens is 178 g/mol. The van der Waals surface area contributed by atoms with E-state index in [0.29, 0.717) is 6.54 Å². The van der Waals surface area contributed by atoms with Gasteiger partial charge in [-0.05, 0) is 18.6 Å². The fourth-order valence-corrected chi connectivity index (χ4v) is 0.990. The Labute approximate surface area is 85.5 Å². The molecule has 0 aliphatic heterocycles. The molecule has 1 aromatic rings. The van der Waals surface area contributed by atoms with Gasteiger partial charge in [0.05, 0.1) is 0 Å². The molecular formula is C11H19NO2. The predicted molar refractivity (Wildman–Crippen MR) is 58.3 cm³/mol. The number of aliphatic hydroxyl groups is 1. The molecule has 1 rings (SSSR count). The summed E-state index contributed by atoms with van der Waals surface area (Å²) < 4.78 is 5.59. The van der Waals surface area contributed by atoms with Crippen LogP contribution in [0.25, 0.3) is 0 Å². The van der Waals surface area contributed by atoms with Crippen molar-refractivity contribution in [2.75, 3.05) is 13.7 Å². The maximum atomic E-state index is 7.00. The Kier molecular flexibility index (Phi) is 7.89. The van der Waals surface area contributed by atoms with E-state index in [1.54, 1.807) is 0 Å². The van der Waals surface area contributed by atoms with Gasteiger partial charge in [-0.25, -0.2) is 0 Å². The molecule has 0 saturated carbocycles. The van der Waals surface area contributed by atoms with Crippen LogP contribution in [-0.2, 0) is 0 Å². The summed E-state index contributed by atoms with van der Waals surface area (Å²) in [5, 5.41) is 7.00.